The van der Waals surface area contributed by atoms with Gasteiger partial charge in [0, 0.05) is 30.5 Å². The van der Waals surface area contributed by atoms with Crippen molar-refractivity contribution in [2.45, 2.75) is 102 Å². The number of benzene rings is 1. The number of thioether (sulfide) groups is 1. The van der Waals surface area contributed by atoms with E-state index in [-0.39, 0.29) is 29.6 Å². The molecule has 1 aromatic carbocycles. The number of hydrogen-bond acceptors (Lipinski definition) is 8. The Morgan fingerprint density at radius 3 is 2.29 bits per heavy atom. The van der Waals surface area contributed by atoms with Gasteiger partial charge in [-0.3, -0.25) is 14.4 Å². The SMILES string of the molecule is CNC1CCN(C(=O)C/C(=C/c2ccccc2)C(=O)N[C@@H](CSC)C(=O)NC(CC2CCCCC2)[C@@H](O)C(=O)OC(C)C)CC1. The summed E-state index contributed by atoms with van der Waals surface area (Å²) in [5, 5.41) is 20.0. The van der Waals surface area contributed by atoms with Crippen molar-refractivity contribution < 1.29 is 29.0 Å². The van der Waals surface area contributed by atoms with E-state index in [2.05, 4.69) is 16.0 Å². The topological polar surface area (TPSA) is 137 Å². The Morgan fingerprint density at radius 2 is 1.69 bits per heavy atom. The summed E-state index contributed by atoms with van der Waals surface area (Å²) < 4.78 is 5.26. The Bertz CT molecular complexity index is 1130. The molecule has 1 unspecified atom stereocenters. The Morgan fingerprint density at radius 1 is 1.02 bits per heavy atom. The number of carbonyl (C=O) groups is 4. The normalized spacial score (nSPS) is 18.6. The van der Waals surface area contributed by atoms with Crippen LogP contribution < -0.4 is 16.0 Å². The summed E-state index contributed by atoms with van der Waals surface area (Å²) in [6, 6.07) is 7.88. The van der Waals surface area contributed by atoms with E-state index in [0.717, 1.165) is 50.5 Å². The van der Waals surface area contributed by atoms with Crippen LogP contribution in [0.25, 0.3) is 6.08 Å². The second-order valence-electron chi connectivity index (χ2n) is 12.5. The van der Waals surface area contributed by atoms with E-state index >= 15 is 0 Å². The molecular weight excluding hydrogens is 592 g/mol. The molecule has 10 nitrogen and oxygen atoms in total. The van der Waals surface area contributed by atoms with Crippen LogP contribution in [0.3, 0.4) is 0 Å². The number of likely N-dealkylation sites (tertiary alicyclic amines) is 1. The predicted octanol–water partition coefficient (Wildman–Crippen LogP) is 3.29. The second kappa shape index (κ2) is 18.9. The third kappa shape index (κ3) is 12.1. The molecule has 1 aliphatic carbocycles. The third-order valence-corrected chi connectivity index (χ3v) is 9.27. The van der Waals surface area contributed by atoms with Gasteiger partial charge in [-0.15, -0.1) is 0 Å². The average Bonchev–Trinajstić information content (AvgIpc) is 3.04. The summed E-state index contributed by atoms with van der Waals surface area (Å²) in [4.78, 5) is 55.2. The molecule has 1 aliphatic heterocycles. The van der Waals surface area contributed by atoms with Crippen molar-refractivity contribution in [3.05, 3.63) is 41.5 Å². The van der Waals surface area contributed by atoms with Crippen molar-refractivity contribution in [3.63, 3.8) is 0 Å². The molecule has 3 amide bonds. The zero-order valence-electron chi connectivity index (χ0n) is 27.3. The number of aliphatic hydroxyl groups excluding tert-OH is 1. The highest BCUT2D eigenvalue weighted by atomic mass is 32.2. The van der Waals surface area contributed by atoms with E-state index in [4.69, 9.17) is 4.74 Å². The predicted molar refractivity (Wildman–Crippen MR) is 178 cm³/mol. The minimum atomic E-state index is -1.53. The maximum Gasteiger partial charge on any atom is 0.337 e. The number of ether oxygens (including phenoxy) is 1. The Labute approximate surface area is 272 Å². The minimum Gasteiger partial charge on any atom is -0.461 e. The molecule has 1 saturated heterocycles. The number of esters is 1. The lowest BCUT2D eigenvalue weighted by Gasteiger charge is -2.32. The summed E-state index contributed by atoms with van der Waals surface area (Å²) in [6.07, 6.45) is 8.88. The fourth-order valence-corrected chi connectivity index (χ4v) is 6.61. The van der Waals surface area contributed by atoms with Crippen LogP contribution in [0.2, 0.25) is 0 Å². The molecule has 1 saturated carbocycles. The van der Waals surface area contributed by atoms with Crippen molar-refractivity contribution in [3.8, 4) is 0 Å². The van der Waals surface area contributed by atoms with E-state index in [1.165, 1.54) is 11.8 Å². The fraction of sp³-hybridized carbons (Fsp3) is 0.647. The number of hydrogen-bond donors (Lipinski definition) is 4. The highest BCUT2D eigenvalue weighted by Gasteiger charge is 2.34. The van der Waals surface area contributed by atoms with Crippen LogP contribution in [0.15, 0.2) is 35.9 Å². The lowest BCUT2D eigenvalue weighted by Crippen LogP contribution is -2.55. The second-order valence-corrected chi connectivity index (χ2v) is 13.4. The van der Waals surface area contributed by atoms with Gasteiger partial charge in [-0.2, -0.15) is 11.8 Å². The summed E-state index contributed by atoms with van der Waals surface area (Å²) in [7, 11) is 1.92. The number of piperidine rings is 1. The summed E-state index contributed by atoms with van der Waals surface area (Å²) >= 11 is 1.39. The number of nitrogens with zero attached hydrogens (tertiary/aromatic N) is 1. The van der Waals surface area contributed by atoms with Gasteiger partial charge >= 0.3 is 5.97 Å². The molecule has 45 heavy (non-hydrogen) atoms. The van der Waals surface area contributed by atoms with Crippen molar-refractivity contribution >= 4 is 41.5 Å². The smallest absolute Gasteiger partial charge is 0.337 e. The monoisotopic (exact) mass is 644 g/mol. The van der Waals surface area contributed by atoms with Gasteiger partial charge < -0.3 is 30.7 Å². The van der Waals surface area contributed by atoms with E-state index in [9.17, 15) is 24.3 Å². The molecule has 3 atom stereocenters. The first kappa shape index (κ1) is 36.6. The Kier molecular flexibility index (Phi) is 15.4. The van der Waals surface area contributed by atoms with Gasteiger partial charge in [0.25, 0.3) is 0 Å². The van der Waals surface area contributed by atoms with Gasteiger partial charge in [-0.1, -0.05) is 62.4 Å². The van der Waals surface area contributed by atoms with E-state index in [1.54, 1.807) is 24.8 Å². The molecule has 2 aliphatic rings. The van der Waals surface area contributed by atoms with Crippen molar-refractivity contribution in [2.75, 3.05) is 32.1 Å². The molecule has 11 heteroatoms. The standard InChI is InChI=1S/C34H52N4O6S/c1-23(2)44-34(43)31(40)28(20-25-13-9-6-10-14-25)36-33(42)29(22-45-4)37-32(41)26(19-24-11-7-5-8-12-24)21-30(39)38-17-15-27(35-3)16-18-38/h5,7-8,11-12,19,23,25,27-29,31,35,40H,6,9-10,13-18,20-22H2,1-4H3,(H,36,42)(H,37,41)/b26-19-/t28?,29-,31+/m0/s1. The Balaban J connectivity index is 1.77. The van der Waals surface area contributed by atoms with Gasteiger partial charge in [0.2, 0.25) is 17.7 Å². The number of rotatable bonds is 15. The molecule has 1 aromatic rings. The van der Waals surface area contributed by atoms with Crippen molar-refractivity contribution in [2.24, 2.45) is 5.92 Å². The first-order valence-corrected chi connectivity index (χ1v) is 17.7. The summed E-state index contributed by atoms with van der Waals surface area (Å²) in [5.74, 6) is -1.37. The maximum absolute atomic E-state index is 13.7. The van der Waals surface area contributed by atoms with Crippen LogP contribution in [0.5, 0.6) is 0 Å². The lowest BCUT2D eigenvalue weighted by molar-refractivity contribution is -0.159. The first-order chi connectivity index (χ1) is 21.6. The number of amides is 3. The highest BCUT2D eigenvalue weighted by molar-refractivity contribution is 7.98. The van der Waals surface area contributed by atoms with Crippen molar-refractivity contribution in [1.29, 1.82) is 0 Å². The van der Waals surface area contributed by atoms with Crippen LogP contribution in [0.1, 0.15) is 77.2 Å². The third-order valence-electron chi connectivity index (χ3n) is 8.60. The minimum absolute atomic E-state index is 0.0946. The van der Waals surface area contributed by atoms with Crippen LogP contribution >= 0.6 is 11.8 Å². The summed E-state index contributed by atoms with van der Waals surface area (Å²) in [5.41, 5.74) is 1.04. The fourth-order valence-electron chi connectivity index (χ4n) is 6.04. The maximum atomic E-state index is 13.7. The summed E-state index contributed by atoms with van der Waals surface area (Å²) in [6.45, 7) is 4.65. The van der Waals surface area contributed by atoms with Gasteiger partial charge in [-0.05, 0) is 64.0 Å². The van der Waals surface area contributed by atoms with Crippen LogP contribution in [0.4, 0.5) is 0 Å². The molecule has 0 aromatic heterocycles. The first-order valence-electron chi connectivity index (χ1n) is 16.3. The molecule has 0 spiro atoms. The van der Waals surface area contributed by atoms with Crippen LogP contribution in [0, 0.1) is 5.92 Å². The largest absolute Gasteiger partial charge is 0.461 e. The molecule has 0 bridgehead atoms. The molecule has 250 valence electrons. The molecule has 2 fully saturated rings. The van der Waals surface area contributed by atoms with E-state index in [0.29, 0.717) is 25.6 Å². The molecular formula is C34H52N4O6S. The van der Waals surface area contributed by atoms with E-state index < -0.39 is 42.1 Å². The number of nitrogens with one attached hydrogen (secondary N) is 3. The lowest BCUT2D eigenvalue weighted by atomic mass is 9.83. The van der Waals surface area contributed by atoms with Gasteiger partial charge in [0.1, 0.15) is 6.04 Å². The van der Waals surface area contributed by atoms with Gasteiger partial charge in [-0.25, -0.2) is 4.79 Å². The molecule has 3 rings (SSSR count). The Hall–Kier alpha value is -2.89. The van der Waals surface area contributed by atoms with Gasteiger partial charge in [0.15, 0.2) is 6.10 Å². The molecule has 1 heterocycles. The average molecular weight is 645 g/mol. The molecule has 0 radical (unpaired) electrons. The van der Waals surface area contributed by atoms with E-state index in [1.807, 2.05) is 43.6 Å². The van der Waals surface area contributed by atoms with Gasteiger partial charge in [0.05, 0.1) is 18.6 Å². The zero-order chi connectivity index (χ0) is 32.8. The van der Waals surface area contributed by atoms with Crippen LogP contribution in [-0.2, 0) is 23.9 Å². The number of carbonyl (C=O) groups excluding carboxylic acids is 4. The quantitative estimate of drug-likeness (QED) is 0.169. The number of aliphatic hydroxyl groups is 1. The highest BCUT2D eigenvalue weighted by Crippen LogP contribution is 2.28. The van der Waals surface area contributed by atoms with Crippen molar-refractivity contribution in [1.82, 2.24) is 20.9 Å². The molecule has 4 N–H and O–H groups in total. The zero-order valence-corrected chi connectivity index (χ0v) is 28.1. The van der Waals surface area contributed by atoms with Crippen LogP contribution in [-0.4, -0.2) is 96.2 Å².